The van der Waals surface area contributed by atoms with Crippen molar-refractivity contribution in [3.8, 4) is 6.07 Å². The van der Waals surface area contributed by atoms with Crippen LogP contribution in [0.5, 0.6) is 0 Å². The summed E-state index contributed by atoms with van der Waals surface area (Å²) in [6, 6.07) is 4.57. The zero-order valence-electron chi connectivity index (χ0n) is 17.6. The Morgan fingerprint density at radius 1 is 1.35 bits per heavy atom. The summed E-state index contributed by atoms with van der Waals surface area (Å²) >= 11 is 0. The first-order valence-electron chi connectivity index (χ1n) is 11.3. The fourth-order valence-corrected chi connectivity index (χ4v) is 5.13. The van der Waals surface area contributed by atoms with Gasteiger partial charge in [-0.15, -0.1) is 0 Å². The van der Waals surface area contributed by atoms with Crippen LogP contribution < -0.4 is 5.32 Å². The van der Waals surface area contributed by atoms with Gasteiger partial charge < -0.3 is 20.0 Å². The molecule has 2 aliphatic rings. The molecule has 0 bridgehead atoms. The molecule has 0 aromatic carbocycles. The Bertz CT molecular complexity index is 1140. The fourth-order valence-electron chi connectivity index (χ4n) is 5.13. The molecule has 8 nitrogen and oxygen atoms in total. The van der Waals surface area contributed by atoms with Gasteiger partial charge in [-0.3, -0.25) is 4.79 Å². The summed E-state index contributed by atoms with van der Waals surface area (Å²) in [5.41, 5.74) is 1.90. The number of imidazole rings is 1. The minimum Gasteiger partial charge on any atom is -0.388 e. The van der Waals surface area contributed by atoms with E-state index in [9.17, 15) is 9.90 Å². The first-order chi connectivity index (χ1) is 15.1. The number of carbonyl (C=O) groups is 1. The van der Waals surface area contributed by atoms with E-state index in [0.29, 0.717) is 18.9 Å². The molecule has 0 aliphatic heterocycles. The Morgan fingerprint density at radius 3 is 2.87 bits per heavy atom. The van der Waals surface area contributed by atoms with Crippen LogP contribution in [0.4, 0.5) is 0 Å². The van der Waals surface area contributed by atoms with Gasteiger partial charge in [0, 0.05) is 30.6 Å². The van der Waals surface area contributed by atoms with Crippen LogP contribution in [0.2, 0.25) is 0 Å². The van der Waals surface area contributed by atoms with E-state index >= 15 is 0 Å². The molecule has 2 saturated carbocycles. The molecule has 2 aliphatic carbocycles. The number of nitrogens with zero attached hydrogens (tertiary/aromatic N) is 4. The van der Waals surface area contributed by atoms with Crippen molar-refractivity contribution in [1.29, 1.82) is 5.26 Å². The largest absolute Gasteiger partial charge is 0.388 e. The Labute approximate surface area is 180 Å². The molecule has 3 N–H and O–H groups in total. The number of aromatic nitrogens is 4. The number of hydrogen-bond donors (Lipinski definition) is 3. The van der Waals surface area contributed by atoms with Gasteiger partial charge in [-0.25, -0.2) is 9.97 Å². The normalized spacial score (nSPS) is 22.8. The quantitative estimate of drug-likeness (QED) is 0.566. The summed E-state index contributed by atoms with van der Waals surface area (Å²) in [4.78, 5) is 25.2. The van der Waals surface area contributed by atoms with Gasteiger partial charge >= 0.3 is 0 Å². The third-order valence-electron chi connectivity index (χ3n) is 7.09. The van der Waals surface area contributed by atoms with Crippen LogP contribution in [0.3, 0.4) is 0 Å². The van der Waals surface area contributed by atoms with Gasteiger partial charge in [0.1, 0.15) is 17.0 Å². The van der Waals surface area contributed by atoms with Gasteiger partial charge in [0.05, 0.1) is 29.8 Å². The van der Waals surface area contributed by atoms with E-state index in [-0.39, 0.29) is 18.4 Å². The lowest BCUT2D eigenvalue weighted by Gasteiger charge is -2.36. The lowest BCUT2D eigenvalue weighted by molar-refractivity contribution is -0.123. The predicted octanol–water partition coefficient (Wildman–Crippen LogP) is 3.13. The molecule has 0 spiro atoms. The molecular weight excluding hydrogens is 392 g/mol. The van der Waals surface area contributed by atoms with Gasteiger partial charge in [-0.1, -0.05) is 0 Å². The molecule has 1 amide bonds. The number of aromatic amines is 1. The lowest BCUT2D eigenvalue weighted by atomic mass is 9.80. The second kappa shape index (κ2) is 7.97. The molecule has 0 atom stereocenters. The molecule has 2 fully saturated rings. The molecular formula is C23H28N6O2. The van der Waals surface area contributed by atoms with Crippen molar-refractivity contribution in [1.82, 2.24) is 24.8 Å². The van der Waals surface area contributed by atoms with Crippen molar-refractivity contribution in [3.05, 3.63) is 24.3 Å². The average molecular weight is 421 g/mol. The zero-order chi connectivity index (χ0) is 21.4. The molecule has 8 heteroatoms. The smallest absolute Gasteiger partial charge is 0.227 e. The maximum atomic E-state index is 12.7. The number of nitrogens with one attached hydrogen (secondary N) is 2. The fraction of sp³-hybridized carbons (Fsp3) is 0.565. The summed E-state index contributed by atoms with van der Waals surface area (Å²) in [5, 5.41) is 23.2. The van der Waals surface area contributed by atoms with E-state index < -0.39 is 5.60 Å². The summed E-state index contributed by atoms with van der Waals surface area (Å²) in [5.74, 6) is 1.08. The highest BCUT2D eigenvalue weighted by Crippen LogP contribution is 2.38. The molecule has 5 rings (SSSR count). The number of pyridine rings is 1. The molecule has 0 saturated heterocycles. The van der Waals surface area contributed by atoms with Gasteiger partial charge in [0.15, 0.2) is 0 Å². The summed E-state index contributed by atoms with van der Waals surface area (Å²) in [7, 11) is 0. The second-order valence-corrected chi connectivity index (χ2v) is 9.20. The SMILES string of the molecule is N#CCC1CCC(n2c(CC(=O)NCC3(O)CCC3)nc3cnc4[nH]ccc4c32)CC1. The van der Waals surface area contributed by atoms with E-state index in [1.807, 2.05) is 12.3 Å². The summed E-state index contributed by atoms with van der Waals surface area (Å²) in [6.07, 6.45) is 10.9. The van der Waals surface area contributed by atoms with Crippen LogP contribution in [0.1, 0.15) is 63.2 Å². The summed E-state index contributed by atoms with van der Waals surface area (Å²) < 4.78 is 2.24. The van der Waals surface area contributed by atoms with E-state index in [1.54, 1.807) is 6.20 Å². The molecule has 3 heterocycles. The molecule has 0 unspecified atom stereocenters. The van der Waals surface area contributed by atoms with E-state index in [1.165, 1.54) is 0 Å². The highest BCUT2D eigenvalue weighted by Gasteiger charge is 2.35. The van der Waals surface area contributed by atoms with Gasteiger partial charge in [-0.2, -0.15) is 5.26 Å². The summed E-state index contributed by atoms with van der Waals surface area (Å²) in [6.45, 7) is 0.301. The van der Waals surface area contributed by atoms with E-state index in [2.05, 4.69) is 25.9 Å². The molecule has 31 heavy (non-hydrogen) atoms. The number of amides is 1. The van der Waals surface area contributed by atoms with Crippen LogP contribution in [0.15, 0.2) is 18.5 Å². The maximum absolute atomic E-state index is 12.7. The number of H-pyrrole nitrogens is 1. The highest BCUT2D eigenvalue weighted by atomic mass is 16.3. The molecule has 3 aromatic rings. The lowest BCUT2D eigenvalue weighted by Crippen LogP contribution is -2.48. The van der Waals surface area contributed by atoms with Crippen LogP contribution in [-0.2, 0) is 11.2 Å². The standard InChI is InChI=1S/C23H28N6O2/c24-10-6-15-2-4-16(5-3-15)29-19(12-20(30)27-14-23(31)8-1-9-23)28-18-13-26-22-17(21(18)29)7-11-25-22/h7,11,13,15-16,31H,1-6,8-9,12,14H2,(H,25,26)(H,27,30). The topological polar surface area (TPSA) is 120 Å². The van der Waals surface area contributed by atoms with Crippen molar-refractivity contribution < 1.29 is 9.90 Å². The number of rotatable bonds is 6. The zero-order valence-corrected chi connectivity index (χ0v) is 17.6. The van der Waals surface area contributed by atoms with Crippen LogP contribution in [0.25, 0.3) is 22.1 Å². The Balaban J connectivity index is 1.45. The molecule has 0 radical (unpaired) electrons. The van der Waals surface area contributed by atoms with Gasteiger partial charge in [0.25, 0.3) is 0 Å². The number of carbonyl (C=O) groups excluding carboxylic acids is 1. The van der Waals surface area contributed by atoms with E-state index in [4.69, 9.17) is 10.2 Å². The number of aliphatic hydroxyl groups is 1. The minimum absolute atomic E-state index is 0.117. The van der Waals surface area contributed by atoms with E-state index in [0.717, 1.165) is 72.8 Å². The molecule has 162 valence electrons. The maximum Gasteiger partial charge on any atom is 0.227 e. The number of hydrogen-bond acceptors (Lipinski definition) is 5. The number of nitriles is 1. The highest BCUT2D eigenvalue weighted by molar-refractivity contribution is 6.01. The minimum atomic E-state index is -0.740. The third-order valence-corrected chi connectivity index (χ3v) is 7.09. The van der Waals surface area contributed by atoms with Crippen LogP contribution >= 0.6 is 0 Å². The predicted molar refractivity (Wildman–Crippen MR) is 116 cm³/mol. The van der Waals surface area contributed by atoms with Crippen LogP contribution in [0, 0.1) is 17.2 Å². The first kappa shape index (κ1) is 20.0. The third kappa shape index (κ3) is 3.79. The van der Waals surface area contributed by atoms with Crippen molar-refractivity contribution in [2.24, 2.45) is 5.92 Å². The monoisotopic (exact) mass is 420 g/mol. The van der Waals surface area contributed by atoms with Crippen molar-refractivity contribution in [3.63, 3.8) is 0 Å². The van der Waals surface area contributed by atoms with Crippen molar-refractivity contribution in [2.45, 2.75) is 69.4 Å². The van der Waals surface area contributed by atoms with Gasteiger partial charge in [0.2, 0.25) is 5.91 Å². The average Bonchev–Trinajstić information content (AvgIpc) is 3.35. The van der Waals surface area contributed by atoms with Crippen molar-refractivity contribution >= 4 is 28.0 Å². The van der Waals surface area contributed by atoms with Crippen molar-refractivity contribution in [2.75, 3.05) is 6.54 Å². The first-order valence-corrected chi connectivity index (χ1v) is 11.3. The molecule has 3 aromatic heterocycles. The Kier molecular flexibility index (Phi) is 5.14. The Morgan fingerprint density at radius 2 is 2.16 bits per heavy atom. The number of fused-ring (bicyclic) bond motifs is 3. The van der Waals surface area contributed by atoms with Crippen LogP contribution in [-0.4, -0.2) is 42.7 Å². The van der Waals surface area contributed by atoms with Gasteiger partial charge in [-0.05, 0) is 56.9 Å². The second-order valence-electron chi connectivity index (χ2n) is 9.20. The Hall–Kier alpha value is -2.92.